The topological polar surface area (TPSA) is 81.9 Å². The number of amides is 1. The molecule has 114 valence electrons. The molecule has 0 radical (unpaired) electrons. The maximum absolute atomic E-state index is 11.9. The van der Waals surface area contributed by atoms with E-state index in [1.165, 1.54) is 18.3 Å². The van der Waals surface area contributed by atoms with E-state index >= 15 is 0 Å². The molecule has 3 rings (SSSR count). The number of carbonyl (C=O) groups is 1. The minimum Gasteiger partial charge on any atom is -0.508 e. The Morgan fingerprint density at radius 2 is 1.61 bits per heavy atom. The number of hydrazone groups is 1. The van der Waals surface area contributed by atoms with Crippen LogP contribution in [0.4, 0.5) is 0 Å². The lowest BCUT2D eigenvalue weighted by Crippen LogP contribution is -2.17. The van der Waals surface area contributed by atoms with E-state index in [9.17, 15) is 15.0 Å². The van der Waals surface area contributed by atoms with E-state index < -0.39 is 5.91 Å². The van der Waals surface area contributed by atoms with Gasteiger partial charge < -0.3 is 10.2 Å². The van der Waals surface area contributed by atoms with Crippen molar-refractivity contribution in [2.45, 2.75) is 0 Å². The summed E-state index contributed by atoms with van der Waals surface area (Å²) in [4.78, 5) is 11.9. The van der Waals surface area contributed by atoms with E-state index in [4.69, 9.17) is 0 Å². The number of phenols is 2. The Morgan fingerprint density at radius 1 is 0.913 bits per heavy atom. The van der Waals surface area contributed by atoms with Crippen molar-refractivity contribution in [3.63, 3.8) is 0 Å². The zero-order valence-electron chi connectivity index (χ0n) is 12.1. The minimum absolute atomic E-state index is 0.123. The van der Waals surface area contributed by atoms with Crippen molar-refractivity contribution < 1.29 is 15.0 Å². The quantitative estimate of drug-likeness (QED) is 0.514. The summed E-state index contributed by atoms with van der Waals surface area (Å²) in [7, 11) is 0. The molecule has 23 heavy (non-hydrogen) atoms. The van der Waals surface area contributed by atoms with Crippen LogP contribution < -0.4 is 5.43 Å². The van der Waals surface area contributed by atoms with Gasteiger partial charge in [-0.25, -0.2) is 5.43 Å². The molecular weight excluding hydrogens is 292 g/mol. The summed E-state index contributed by atoms with van der Waals surface area (Å²) in [6.07, 6.45) is 1.53. The minimum atomic E-state index is -0.520. The van der Waals surface area contributed by atoms with Crippen molar-refractivity contribution >= 4 is 22.9 Å². The fourth-order valence-corrected chi connectivity index (χ4v) is 2.24. The number of phenolic OH excluding ortho intramolecular Hbond substituents is 2. The van der Waals surface area contributed by atoms with Gasteiger partial charge in [0, 0.05) is 11.6 Å². The third-order valence-electron chi connectivity index (χ3n) is 3.32. The number of hydrogen-bond donors (Lipinski definition) is 3. The Labute approximate surface area is 132 Å². The second kappa shape index (κ2) is 6.19. The average molecular weight is 306 g/mol. The third-order valence-corrected chi connectivity index (χ3v) is 3.32. The summed E-state index contributed by atoms with van der Waals surface area (Å²) in [5, 5.41) is 24.8. The molecule has 0 unspecified atom stereocenters. The van der Waals surface area contributed by atoms with Crippen LogP contribution in [0.1, 0.15) is 15.9 Å². The van der Waals surface area contributed by atoms with Crippen molar-refractivity contribution in [3.05, 3.63) is 71.8 Å². The molecule has 0 aliphatic rings. The smallest absolute Gasteiger partial charge is 0.271 e. The lowest BCUT2D eigenvalue weighted by Gasteiger charge is -2.02. The fourth-order valence-electron chi connectivity index (χ4n) is 2.24. The van der Waals surface area contributed by atoms with Crippen LogP contribution in [0.25, 0.3) is 10.8 Å². The van der Waals surface area contributed by atoms with E-state index in [1.54, 1.807) is 0 Å². The van der Waals surface area contributed by atoms with Crippen molar-refractivity contribution in [2.75, 3.05) is 0 Å². The molecule has 0 saturated heterocycles. The summed E-state index contributed by atoms with van der Waals surface area (Å²) in [5.74, 6) is -0.893. The molecule has 0 spiro atoms. The Hall–Kier alpha value is -3.34. The number of nitrogens with one attached hydrogen (secondary N) is 1. The van der Waals surface area contributed by atoms with Gasteiger partial charge in [-0.3, -0.25) is 4.79 Å². The van der Waals surface area contributed by atoms with Crippen molar-refractivity contribution in [1.82, 2.24) is 5.43 Å². The van der Waals surface area contributed by atoms with E-state index in [1.807, 2.05) is 42.5 Å². The Bertz CT molecular complexity index is 883. The van der Waals surface area contributed by atoms with Crippen LogP contribution in [0.2, 0.25) is 0 Å². The van der Waals surface area contributed by atoms with E-state index in [0.29, 0.717) is 0 Å². The fraction of sp³-hybridized carbons (Fsp3) is 0. The van der Waals surface area contributed by atoms with Gasteiger partial charge in [-0.15, -0.1) is 0 Å². The monoisotopic (exact) mass is 306 g/mol. The molecular formula is C18H14N2O3. The van der Waals surface area contributed by atoms with Gasteiger partial charge in [0.1, 0.15) is 11.5 Å². The maximum Gasteiger partial charge on any atom is 0.271 e. The summed E-state index contributed by atoms with van der Waals surface area (Å²) in [6.45, 7) is 0. The standard InChI is InChI=1S/C18H14N2O3/c21-16-8-15(9-17(22)10-16)18(23)20-19-11-12-5-6-13-3-1-2-4-14(13)7-12/h1-11,21-22H,(H,20,23)/b19-11-. The first-order valence-electron chi connectivity index (χ1n) is 6.97. The zero-order chi connectivity index (χ0) is 16.2. The molecule has 0 bridgehead atoms. The first-order valence-corrected chi connectivity index (χ1v) is 6.97. The number of benzene rings is 3. The number of rotatable bonds is 3. The lowest BCUT2D eigenvalue weighted by molar-refractivity contribution is 0.0954. The van der Waals surface area contributed by atoms with E-state index in [0.717, 1.165) is 22.4 Å². The Morgan fingerprint density at radius 3 is 2.35 bits per heavy atom. The van der Waals surface area contributed by atoms with Crippen molar-refractivity contribution in [3.8, 4) is 11.5 Å². The van der Waals surface area contributed by atoms with E-state index in [-0.39, 0.29) is 17.1 Å². The number of nitrogens with zero attached hydrogens (tertiary/aromatic N) is 1. The van der Waals surface area contributed by atoms with Gasteiger partial charge in [-0.2, -0.15) is 5.10 Å². The van der Waals surface area contributed by atoms with Crippen LogP contribution >= 0.6 is 0 Å². The molecule has 0 fully saturated rings. The van der Waals surface area contributed by atoms with E-state index in [2.05, 4.69) is 10.5 Å². The normalized spacial score (nSPS) is 11.0. The molecule has 3 aromatic rings. The summed E-state index contributed by atoms with van der Waals surface area (Å²) in [6, 6.07) is 17.4. The molecule has 1 amide bonds. The summed E-state index contributed by atoms with van der Waals surface area (Å²) < 4.78 is 0. The largest absolute Gasteiger partial charge is 0.508 e. The SMILES string of the molecule is O=C(N/N=C\c1ccc2ccccc2c1)c1cc(O)cc(O)c1. The molecule has 3 N–H and O–H groups in total. The molecule has 0 aliphatic heterocycles. The molecule has 0 atom stereocenters. The predicted octanol–water partition coefficient (Wildman–Crippen LogP) is 3.01. The van der Waals surface area contributed by atoms with Gasteiger partial charge in [0.2, 0.25) is 0 Å². The number of hydrogen-bond acceptors (Lipinski definition) is 4. The van der Waals surface area contributed by atoms with Crippen LogP contribution in [0.5, 0.6) is 11.5 Å². The molecule has 0 heterocycles. The summed E-state index contributed by atoms with van der Waals surface area (Å²) >= 11 is 0. The molecule has 0 saturated carbocycles. The Balaban J connectivity index is 1.73. The predicted molar refractivity (Wildman–Crippen MR) is 88.8 cm³/mol. The van der Waals surface area contributed by atoms with Gasteiger partial charge in [0.25, 0.3) is 5.91 Å². The highest BCUT2D eigenvalue weighted by Gasteiger charge is 2.07. The first kappa shape index (κ1) is 14.6. The maximum atomic E-state index is 11.9. The molecule has 5 heteroatoms. The second-order valence-corrected chi connectivity index (χ2v) is 5.04. The molecule has 0 aromatic heterocycles. The second-order valence-electron chi connectivity index (χ2n) is 5.04. The molecule has 5 nitrogen and oxygen atoms in total. The molecule has 0 aliphatic carbocycles. The third kappa shape index (κ3) is 3.47. The van der Waals surface area contributed by atoms with Crippen LogP contribution in [-0.2, 0) is 0 Å². The number of aromatic hydroxyl groups is 2. The van der Waals surface area contributed by atoms with Crippen LogP contribution in [0, 0.1) is 0 Å². The number of fused-ring (bicyclic) bond motifs is 1. The van der Waals surface area contributed by atoms with Gasteiger partial charge in [-0.1, -0.05) is 36.4 Å². The van der Waals surface area contributed by atoms with Crippen LogP contribution in [0.3, 0.4) is 0 Å². The van der Waals surface area contributed by atoms with Gasteiger partial charge >= 0.3 is 0 Å². The van der Waals surface area contributed by atoms with Crippen LogP contribution in [0.15, 0.2) is 65.8 Å². The summed E-state index contributed by atoms with van der Waals surface area (Å²) in [5.41, 5.74) is 3.33. The zero-order valence-corrected chi connectivity index (χ0v) is 12.1. The highest BCUT2D eigenvalue weighted by molar-refractivity contribution is 5.96. The van der Waals surface area contributed by atoms with Crippen LogP contribution in [-0.4, -0.2) is 22.3 Å². The van der Waals surface area contributed by atoms with Gasteiger partial charge in [-0.05, 0) is 34.5 Å². The Kier molecular flexibility index (Phi) is 3.93. The van der Waals surface area contributed by atoms with Gasteiger partial charge in [0.05, 0.1) is 6.21 Å². The lowest BCUT2D eigenvalue weighted by atomic mass is 10.1. The average Bonchev–Trinajstić information content (AvgIpc) is 2.53. The first-order chi connectivity index (χ1) is 11.1. The number of carbonyl (C=O) groups excluding carboxylic acids is 1. The highest BCUT2D eigenvalue weighted by Crippen LogP contribution is 2.20. The van der Waals surface area contributed by atoms with Crippen molar-refractivity contribution in [2.24, 2.45) is 5.10 Å². The highest BCUT2D eigenvalue weighted by atomic mass is 16.3. The molecule has 3 aromatic carbocycles. The van der Waals surface area contributed by atoms with Crippen molar-refractivity contribution in [1.29, 1.82) is 0 Å². The van der Waals surface area contributed by atoms with Gasteiger partial charge in [0.15, 0.2) is 0 Å².